The van der Waals surface area contributed by atoms with E-state index in [1.165, 1.54) is 6.20 Å². The Morgan fingerprint density at radius 3 is 2.89 bits per heavy atom. The second-order valence-electron chi connectivity index (χ2n) is 4.00. The van der Waals surface area contributed by atoms with Gasteiger partial charge in [0, 0.05) is 24.3 Å². The summed E-state index contributed by atoms with van der Waals surface area (Å²) >= 11 is 7.38. The number of aryl methyl sites for hydroxylation is 1. The van der Waals surface area contributed by atoms with Gasteiger partial charge >= 0.3 is 0 Å². The molecule has 1 amide bonds. The average molecular weight is 296 g/mol. The fourth-order valence-corrected chi connectivity index (χ4v) is 2.35. The van der Waals surface area contributed by atoms with E-state index in [1.807, 2.05) is 11.6 Å². The molecule has 0 fully saturated rings. The molecule has 0 radical (unpaired) electrons. The van der Waals surface area contributed by atoms with Crippen LogP contribution in [-0.2, 0) is 6.42 Å². The molecule has 0 unspecified atom stereocenters. The Balaban J connectivity index is 1.65. The second-order valence-corrected chi connectivity index (χ2v) is 5.42. The summed E-state index contributed by atoms with van der Waals surface area (Å²) < 4.78 is 0. The highest BCUT2D eigenvalue weighted by molar-refractivity contribution is 7.09. The fourth-order valence-electron chi connectivity index (χ4n) is 1.58. The number of rotatable bonds is 6. The predicted octanol–water partition coefficient (Wildman–Crippen LogP) is 2.94. The summed E-state index contributed by atoms with van der Waals surface area (Å²) in [5.41, 5.74) is 0.393. The SMILES string of the molecule is O=C(NCCCCc1nccs1)c1ccc(Cl)cn1. The Labute approximate surface area is 120 Å². The number of aromatic nitrogens is 2. The van der Waals surface area contributed by atoms with Crippen molar-refractivity contribution in [3.05, 3.63) is 45.6 Å². The Bertz CT molecular complexity index is 513. The van der Waals surface area contributed by atoms with Gasteiger partial charge < -0.3 is 5.32 Å². The minimum Gasteiger partial charge on any atom is -0.351 e. The van der Waals surface area contributed by atoms with E-state index >= 15 is 0 Å². The minimum atomic E-state index is -0.161. The highest BCUT2D eigenvalue weighted by atomic mass is 35.5. The second kappa shape index (κ2) is 7.21. The highest BCUT2D eigenvalue weighted by Crippen LogP contribution is 2.08. The van der Waals surface area contributed by atoms with Crippen LogP contribution in [0.1, 0.15) is 28.3 Å². The van der Waals surface area contributed by atoms with Crippen LogP contribution in [0.3, 0.4) is 0 Å². The summed E-state index contributed by atoms with van der Waals surface area (Å²) in [7, 11) is 0. The number of halogens is 1. The summed E-state index contributed by atoms with van der Waals surface area (Å²) in [6, 6.07) is 3.28. The molecule has 0 aliphatic rings. The third-order valence-corrected chi connectivity index (χ3v) is 3.61. The normalized spacial score (nSPS) is 10.4. The molecular formula is C13H14ClN3OS. The molecule has 0 saturated heterocycles. The third-order valence-electron chi connectivity index (χ3n) is 2.55. The maximum atomic E-state index is 11.7. The van der Waals surface area contributed by atoms with Crippen molar-refractivity contribution in [2.45, 2.75) is 19.3 Å². The molecule has 4 nitrogen and oxygen atoms in total. The Morgan fingerprint density at radius 1 is 1.32 bits per heavy atom. The monoisotopic (exact) mass is 295 g/mol. The van der Waals surface area contributed by atoms with Crippen molar-refractivity contribution in [3.63, 3.8) is 0 Å². The van der Waals surface area contributed by atoms with Crippen LogP contribution in [0, 0.1) is 0 Å². The third kappa shape index (κ3) is 4.61. The number of thiazole rings is 1. The summed E-state index contributed by atoms with van der Waals surface area (Å²) in [6.07, 6.45) is 6.19. The lowest BCUT2D eigenvalue weighted by Gasteiger charge is -2.04. The van der Waals surface area contributed by atoms with Gasteiger partial charge in [0.25, 0.3) is 5.91 Å². The van der Waals surface area contributed by atoms with Gasteiger partial charge in [-0.05, 0) is 31.4 Å². The van der Waals surface area contributed by atoms with E-state index < -0.39 is 0 Å². The zero-order chi connectivity index (χ0) is 13.5. The van der Waals surface area contributed by atoms with Gasteiger partial charge in [-0.1, -0.05) is 11.6 Å². The first-order chi connectivity index (χ1) is 9.25. The lowest BCUT2D eigenvalue weighted by Crippen LogP contribution is -2.25. The highest BCUT2D eigenvalue weighted by Gasteiger charge is 2.05. The first-order valence-corrected chi connectivity index (χ1v) is 7.29. The van der Waals surface area contributed by atoms with Gasteiger partial charge in [-0.2, -0.15) is 0 Å². The first kappa shape index (κ1) is 14.0. The van der Waals surface area contributed by atoms with Crippen LogP contribution in [-0.4, -0.2) is 22.4 Å². The number of amides is 1. The van der Waals surface area contributed by atoms with Gasteiger partial charge in [-0.3, -0.25) is 4.79 Å². The number of nitrogens with zero attached hydrogens (tertiary/aromatic N) is 2. The quantitative estimate of drug-likeness (QED) is 0.834. The number of carbonyl (C=O) groups excluding carboxylic acids is 1. The Hall–Kier alpha value is -1.46. The largest absolute Gasteiger partial charge is 0.351 e. The standard InChI is InChI=1S/C13H14ClN3OS/c14-10-4-5-11(17-9-10)13(18)16-6-2-1-3-12-15-7-8-19-12/h4-5,7-9H,1-3,6H2,(H,16,18). The van der Waals surface area contributed by atoms with Crippen LogP contribution >= 0.6 is 22.9 Å². The van der Waals surface area contributed by atoms with Crippen molar-refractivity contribution < 1.29 is 4.79 Å². The lowest BCUT2D eigenvalue weighted by atomic mass is 10.2. The molecule has 0 aliphatic heterocycles. The van der Waals surface area contributed by atoms with Crippen molar-refractivity contribution in [1.29, 1.82) is 0 Å². The first-order valence-electron chi connectivity index (χ1n) is 6.04. The zero-order valence-electron chi connectivity index (χ0n) is 10.3. The average Bonchev–Trinajstić information content (AvgIpc) is 2.92. The van der Waals surface area contributed by atoms with E-state index in [4.69, 9.17) is 11.6 Å². The van der Waals surface area contributed by atoms with Gasteiger partial charge in [0.1, 0.15) is 5.69 Å². The molecule has 2 heterocycles. The molecule has 100 valence electrons. The minimum absolute atomic E-state index is 0.161. The van der Waals surface area contributed by atoms with E-state index in [9.17, 15) is 4.79 Å². The Morgan fingerprint density at radius 2 is 2.21 bits per heavy atom. The molecule has 2 rings (SSSR count). The molecule has 0 spiro atoms. The molecule has 2 aromatic heterocycles. The van der Waals surface area contributed by atoms with Gasteiger partial charge in [-0.15, -0.1) is 11.3 Å². The zero-order valence-corrected chi connectivity index (χ0v) is 11.9. The van der Waals surface area contributed by atoms with Crippen molar-refractivity contribution in [2.24, 2.45) is 0 Å². The molecule has 0 aliphatic carbocycles. The summed E-state index contributed by atoms with van der Waals surface area (Å²) in [6.45, 7) is 0.647. The molecule has 0 aromatic carbocycles. The fraction of sp³-hybridized carbons (Fsp3) is 0.308. The van der Waals surface area contributed by atoms with E-state index in [0.29, 0.717) is 17.3 Å². The topological polar surface area (TPSA) is 54.9 Å². The van der Waals surface area contributed by atoms with E-state index in [1.54, 1.807) is 23.5 Å². The molecule has 0 bridgehead atoms. The van der Waals surface area contributed by atoms with Gasteiger partial charge in [0.05, 0.1) is 10.0 Å². The molecule has 0 atom stereocenters. The van der Waals surface area contributed by atoms with Gasteiger partial charge in [-0.25, -0.2) is 9.97 Å². The molecule has 19 heavy (non-hydrogen) atoms. The molecule has 1 N–H and O–H groups in total. The number of carbonyl (C=O) groups is 1. The smallest absolute Gasteiger partial charge is 0.269 e. The Kier molecular flexibility index (Phi) is 5.30. The van der Waals surface area contributed by atoms with Crippen LogP contribution < -0.4 is 5.32 Å². The number of nitrogens with one attached hydrogen (secondary N) is 1. The van der Waals surface area contributed by atoms with Crippen molar-refractivity contribution in [3.8, 4) is 0 Å². The number of hydrogen-bond acceptors (Lipinski definition) is 4. The number of pyridine rings is 1. The lowest BCUT2D eigenvalue weighted by molar-refractivity contribution is 0.0948. The van der Waals surface area contributed by atoms with Crippen LogP contribution in [0.2, 0.25) is 5.02 Å². The predicted molar refractivity (Wildman–Crippen MR) is 76.6 cm³/mol. The van der Waals surface area contributed by atoms with Crippen molar-refractivity contribution in [1.82, 2.24) is 15.3 Å². The van der Waals surface area contributed by atoms with Crippen molar-refractivity contribution in [2.75, 3.05) is 6.54 Å². The van der Waals surface area contributed by atoms with Crippen LogP contribution in [0.25, 0.3) is 0 Å². The van der Waals surface area contributed by atoms with Gasteiger partial charge in [0.15, 0.2) is 0 Å². The van der Waals surface area contributed by atoms with Crippen LogP contribution in [0.5, 0.6) is 0 Å². The number of unbranched alkanes of at least 4 members (excludes halogenated alkanes) is 1. The molecule has 0 saturated carbocycles. The summed E-state index contributed by atoms with van der Waals surface area (Å²) in [5.74, 6) is -0.161. The summed E-state index contributed by atoms with van der Waals surface area (Å²) in [4.78, 5) is 19.9. The molecule has 6 heteroatoms. The van der Waals surface area contributed by atoms with Crippen molar-refractivity contribution >= 4 is 28.8 Å². The molecular weight excluding hydrogens is 282 g/mol. The van der Waals surface area contributed by atoms with E-state index in [-0.39, 0.29) is 5.91 Å². The van der Waals surface area contributed by atoms with Crippen LogP contribution in [0.15, 0.2) is 29.9 Å². The van der Waals surface area contributed by atoms with Gasteiger partial charge in [0.2, 0.25) is 0 Å². The summed E-state index contributed by atoms with van der Waals surface area (Å²) in [5, 5.41) is 6.48. The van der Waals surface area contributed by atoms with E-state index in [2.05, 4.69) is 15.3 Å². The van der Waals surface area contributed by atoms with E-state index in [0.717, 1.165) is 24.3 Å². The molecule has 2 aromatic rings. The maximum Gasteiger partial charge on any atom is 0.269 e. The maximum absolute atomic E-state index is 11.7. The van der Waals surface area contributed by atoms with Crippen LogP contribution in [0.4, 0.5) is 0 Å². The number of hydrogen-bond donors (Lipinski definition) is 1.